The molecular formula is C12H14ClN3O. The Bertz CT molecular complexity index is 510. The van der Waals surface area contributed by atoms with Gasteiger partial charge in [0.2, 0.25) is 11.7 Å². The van der Waals surface area contributed by atoms with Crippen LogP contribution in [0.1, 0.15) is 25.8 Å². The first-order valence-electron chi connectivity index (χ1n) is 5.43. The predicted molar refractivity (Wildman–Crippen MR) is 66.5 cm³/mol. The van der Waals surface area contributed by atoms with Gasteiger partial charge in [-0.2, -0.15) is 4.98 Å². The lowest BCUT2D eigenvalue weighted by atomic mass is 10.1. The van der Waals surface area contributed by atoms with E-state index in [1.54, 1.807) is 6.07 Å². The lowest BCUT2D eigenvalue weighted by Crippen LogP contribution is -2.16. The second-order valence-corrected chi connectivity index (χ2v) is 4.61. The number of halogens is 1. The van der Waals surface area contributed by atoms with E-state index in [-0.39, 0.29) is 12.0 Å². The molecule has 5 heteroatoms. The number of aromatic nitrogens is 2. The van der Waals surface area contributed by atoms with Crippen LogP contribution in [-0.4, -0.2) is 10.1 Å². The number of nitrogens with zero attached hydrogens (tertiary/aromatic N) is 2. The number of hydrogen-bond donors (Lipinski definition) is 1. The van der Waals surface area contributed by atoms with E-state index in [1.165, 1.54) is 0 Å². The van der Waals surface area contributed by atoms with Gasteiger partial charge in [-0.1, -0.05) is 42.7 Å². The van der Waals surface area contributed by atoms with Crippen LogP contribution in [0.25, 0.3) is 11.4 Å². The first-order valence-corrected chi connectivity index (χ1v) is 5.81. The summed E-state index contributed by atoms with van der Waals surface area (Å²) in [6.07, 6.45) is 0. The second-order valence-electron chi connectivity index (χ2n) is 4.21. The summed E-state index contributed by atoms with van der Waals surface area (Å²) in [5.74, 6) is 1.16. The average molecular weight is 252 g/mol. The highest BCUT2D eigenvalue weighted by molar-refractivity contribution is 6.33. The van der Waals surface area contributed by atoms with Gasteiger partial charge in [-0.15, -0.1) is 0 Å². The second kappa shape index (κ2) is 4.85. The number of nitrogens with two attached hydrogens (primary N) is 1. The molecule has 2 N–H and O–H groups in total. The molecule has 1 heterocycles. The highest BCUT2D eigenvalue weighted by Gasteiger charge is 2.19. The minimum absolute atomic E-state index is 0.245. The molecule has 0 saturated carbocycles. The topological polar surface area (TPSA) is 64.9 Å². The summed E-state index contributed by atoms with van der Waals surface area (Å²) in [7, 11) is 0. The molecule has 0 amide bonds. The Hall–Kier alpha value is -1.39. The quantitative estimate of drug-likeness (QED) is 0.911. The SMILES string of the molecule is CC(C)C(N)c1nc(-c2ccccc2Cl)no1. The van der Waals surface area contributed by atoms with Crippen LogP contribution in [0.3, 0.4) is 0 Å². The van der Waals surface area contributed by atoms with Gasteiger partial charge in [0.1, 0.15) is 0 Å². The highest BCUT2D eigenvalue weighted by Crippen LogP contribution is 2.26. The summed E-state index contributed by atoms with van der Waals surface area (Å²) < 4.78 is 5.15. The molecule has 0 aliphatic rings. The largest absolute Gasteiger partial charge is 0.337 e. The average Bonchev–Trinajstić information content (AvgIpc) is 2.77. The van der Waals surface area contributed by atoms with Crippen molar-refractivity contribution in [1.29, 1.82) is 0 Å². The van der Waals surface area contributed by atoms with Gasteiger partial charge < -0.3 is 10.3 Å². The lowest BCUT2D eigenvalue weighted by molar-refractivity contribution is 0.325. The molecule has 0 aliphatic carbocycles. The van der Waals surface area contributed by atoms with Gasteiger partial charge in [-0.25, -0.2) is 0 Å². The van der Waals surface area contributed by atoms with Crippen LogP contribution in [-0.2, 0) is 0 Å². The van der Waals surface area contributed by atoms with Gasteiger partial charge in [-0.3, -0.25) is 0 Å². The molecule has 0 saturated heterocycles. The molecule has 17 heavy (non-hydrogen) atoms. The first-order chi connectivity index (χ1) is 8.09. The zero-order valence-electron chi connectivity index (χ0n) is 9.72. The number of benzene rings is 1. The Morgan fingerprint density at radius 1 is 1.29 bits per heavy atom. The third-order valence-corrected chi connectivity index (χ3v) is 2.89. The molecule has 1 unspecified atom stereocenters. The van der Waals surface area contributed by atoms with Crippen molar-refractivity contribution in [2.45, 2.75) is 19.9 Å². The molecule has 4 nitrogen and oxygen atoms in total. The van der Waals surface area contributed by atoms with Gasteiger partial charge in [0, 0.05) is 5.56 Å². The van der Waals surface area contributed by atoms with Crippen LogP contribution >= 0.6 is 11.6 Å². The van der Waals surface area contributed by atoms with Crippen LogP contribution in [0.5, 0.6) is 0 Å². The normalized spacial score (nSPS) is 13.0. The summed E-state index contributed by atoms with van der Waals surface area (Å²) in [6.45, 7) is 4.01. The lowest BCUT2D eigenvalue weighted by Gasteiger charge is -2.09. The Kier molecular flexibility index (Phi) is 3.45. The maximum atomic E-state index is 6.06. The summed E-state index contributed by atoms with van der Waals surface area (Å²) in [4.78, 5) is 4.28. The number of rotatable bonds is 3. The van der Waals surface area contributed by atoms with E-state index in [0.29, 0.717) is 16.7 Å². The van der Waals surface area contributed by atoms with Gasteiger partial charge in [-0.05, 0) is 18.1 Å². The van der Waals surface area contributed by atoms with Crippen molar-refractivity contribution in [2.75, 3.05) is 0 Å². The number of hydrogen-bond acceptors (Lipinski definition) is 4. The molecule has 0 spiro atoms. The van der Waals surface area contributed by atoms with Crippen molar-refractivity contribution < 1.29 is 4.52 Å². The van der Waals surface area contributed by atoms with Crippen molar-refractivity contribution in [3.05, 3.63) is 35.2 Å². The molecule has 0 radical (unpaired) electrons. The smallest absolute Gasteiger partial charge is 0.244 e. The van der Waals surface area contributed by atoms with Crippen LogP contribution in [0, 0.1) is 5.92 Å². The summed E-state index contributed by atoms with van der Waals surface area (Å²) >= 11 is 6.06. The fourth-order valence-corrected chi connectivity index (χ4v) is 1.63. The van der Waals surface area contributed by atoms with Crippen molar-refractivity contribution in [3.8, 4) is 11.4 Å². The van der Waals surface area contributed by atoms with E-state index in [4.69, 9.17) is 21.9 Å². The van der Waals surface area contributed by atoms with E-state index < -0.39 is 0 Å². The first kappa shape index (κ1) is 12.1. The van der Waals surface area contributed by atoms with Crippen LogP contribution in [0.15, 0.2) is 28.8 Å². The zero-order chi connectivity index (χ0) is 12.4. The molecule has 1 atom stereocenters. The Morgan fingerprint density at radius 3 is 2.65 bits per heavy atom. The van der Waals surface area contributed by atoms with Gasteiger partial charge in [0.05, 0.1) is 11.1 Å². The third kappa shape index (κ3) is 2.48. The molecule has 90 valence electrons. The van der Waals surface area contributed by atoms with Crippen molar-refractivity contribution >= 4 is 11.6 Å². The Labute approximate surface area is 105 Å². The molecule has 0 aliphatic heterocycles. The fraction of sp³-hybridized carbons (Fsp3) is 0.333. The summed E-state index contributed by atoms with van der Waals surface area (Å²) in [6, 6.07) is 7.11. The molecule has 0 fully saturated rings. The molecule has 2 rings (SSSR count). The van der Waals surface area contributed by atoms with E-state index in [1.807, 2.05) is 32.0 Å². The molecular weight excluding hydrogens is 238 g/mol. The van der Waals surface area contributed by atoms with E-state index in [2.05, 4.69) is 10.1 Å². The van der Waals surface area contributed by atoms with Gasteiger partial charge >= 0.3 is 0 Å². The molecule has 1 aromatic heterocycles. The molecule has 1 aromatic carbocycles. The highest BCUT2D eigenvalue weighted by atomic mass is 35.5. The van der Waals surface area contributed by atoms with Crippen molar-refractivity contribution in [1.82, 2.24) is 10.1 Å². The van der Waals surface area contributed by atoms with Crippen LogP contribution in [0.4, 0.5) is 0 Å². The minimum Gasteiger partial charge on any atom is -0.337 e. The van der Waals surface area contributed by atoms with E-state index in [0.717, 1.165) is 5.56 Å². The maximum Gasteiger partial charge on any atom is 0.244 e. The van der Waals surface area contributed by atoms with Crippen LogP contribution < -0.4 is 5.73 Å². The van der Waals surface area contributed by atoms with Gasteiger partial charge in [0.15, 0.2) is 0 Å². The maximum absolute atomic E-state index is 6.06. The Balaban J connectivity index is 2.34. The fourth-order valence-electron chi connectivity index (χ4n) is 1.41. The third-order valence-electron chi connectivity index (χ3n) is 2.56. The van der Waals surface area contributed by atoms with Crippen LogP contribution in [0.2, 0.25) is 5.02 Å². The minimum atomic E-state index is -0.251. The van der Waals surface area contributed by atoms with Crippen molar-refractivity contribution in [3.63, 3.8) is 0 Å². The van der Waals surface area contributed by atoms with E-state index >= 15 is 0 Å². The predicted octanol–water partition coefficient (Wildman–Crippen LogP) is 3.05. The summed E-state index contributed by atoms with van der Waals surface area (Å²) in [5.41, 5.74) is 6.69. The standard InChI is InChI=1S/C12H14ClN3O/c1-7(2)10(14)12-15-11(16-17-12)8-5-3-4-6-9(8)13/h3-7,10H,14H2,1-2H3. The summed E-state index contributed by atoms with van der Waals surface area (Å²) in [5, 5.41) is 4.50. The molecule has 0 bridgehead atoms. The monoisotopic (exact) mass is 251 g/mol. The zero-order valence-corrected chi connectivity index (χ0v) is 10.5. The van der Waals surface area contributed by atoms with Gasteiger partial charge in [0.25, 0.3) is 0 Å². The Morgan fingerprint density at radius 2 is 2.00 bits per heavy atom. The van der Waals surface area contributed by atoms with Crippen molar-refractivity contribution in [2.24, 2.45) is 11.7 Å². The molecule has 2 aromatic rings. The van der Waals surface area contributed by atoms with E-state index in [9.17, 15) is 0 Å².